The average Bonchev–Trinajstić information content (AvgIpc) is 2.56. The summed E-state index contributed by atoms with van der Waals surface area (Å²) in [7, 11) is 0. The molecule has 1 aromatic carbocycles. The maximum Gasteiger partial charge on any atom is 0.178 e. The van der Waals surface area contributed by atoms with Crippen molar-refractivity contribution in [2.45, 2.75) is 60.3 Å². The molecular weight excluding hydrogens is 407 g/mol. The first-order valence-electron chi connectivity index (χ1n) is 9.62. The Morgan fingerprint density at radius 2 is 1.96 bits per heavy atom. The number of aldehydes is 1. The predicted octanol–water partition coefficient (Wildman–Crippen LogP) is 7.10. The second kappa shape index (κ2) is 8.30. The van der Waals surface area contributed by atoms with Gasteiger partial charge in [-0.15, -0.1) is 0 Å². The minimum absolute atomic E-state index is 0.0676. The number of fused-ring (bicyclic) bond motifs is 1. The van der Waals surface area contributed by atoms with Gasteiger partial charge in [0.1, 0.15) is 5.75 Å². The number of rotatable bonds is 6. The van der Waals surface area contributed by atoms with E-state index >= 15 is 0 Å². The molecule has 2 rings (SSSR count). The molecule has 1 aliphatic carbocycles. The lowest BCUT2D eigenvalue weighted by molar-refractivity contribution is -0.106. The van der Waals surface area contributed by atoms with Gasteiger partial charge < -0.3 is 4.74 Å². The van der Waals surface area contributed by atoms with Crippen LogP contribution in [0.5, 0.6) is 5.75 Å². The van der Waals surface area contributed by atoms with E-state index in [0.29, 0.717) is 35.7 Å². The van der Waals surface area contributed by atoms with E-state index in [1.54, 1.807) is 0 Å². The van der Waals surface area contributed by atoms with Gasteiger partial charge in [-0.2, -0.15) is 0 Å². The number of carbonyl (C=O) groups excluding carboxylic acids is 1. The molecule has 0 spiro atoms. The number of ether oxygens (including phenoxy) is 1. The fourth-order valence-electron chi connectivity index (χ4n) is 3.91. The summed E-state index contributed by atoms with van der Waals surface area (Å²) in [4.78, 5) is 11.2. The SMILES string of the molecule is CCOc1c(C(=C(F)C=O)C(C)C)cc2c(c1Br)C(C)(C)CC=C2C(C)C. The molecule has 0 radical (unpaired) electrons. The van der Waals surface area contributed by atoms with E-state index in [4.69, 9.17) is 4.74 Å². The van der Waals surface area contributed by atoms with E-state index in [0.717, 1.165) is 16.5 Å². The molecule has 27 heavy (non-hydrogen) atoms. The number of benzene rings is 1. The Labute approximate surface area is 171 Å². The molecular formula is C23H30BrFO2. The topological polar surface area (TPSA) is 26.3 Å². The summed E-state index contributed by atoms with van der Waals surface area (Å²) in [5.74, 6) is 0.0837. The van der Waals surface area contributed by atoms with Gasteiger partial charge in [-0.25, -0.2) is 4.39 Å². The highest BCUT2D eigenvalue weighted by Gasteiger charge is 2.35. The molecule has 0 N–H and O–H groups in total. The number of halogens is 2. The second-order valence-corrected chi connectivity index (χ2v) is 9.15. The zero-order valence-electron chi connectivity index (χ0n) is 17.4. The van der Waals surface area contributed by atoms with E-state index in [9.17, 15) is 9.18 Å². The molecule has 0 fully saturated rings. The quantitative estimate of drug-likeness (QED) is 0.350. The summed E-state index contributed by atoms with van der Waals surface area (Å²) < 4.78 is 21.4. The predicted molar refractivity (Wildman–Crippen MR) is 115 cm³/mol. The number of allylic oxidation sites excluding steroid dienone is 4. The molecule has 0 heterocycles. The van der Waals surface area contributed by atoms with E-state index in [-0.39, 0.29) is 11.3 Å². The van der Waals surface area contributed by atoms with Crippen molar-refractivity contribution in [3.63, 3.8) is 0 Å². The highest BCUT2D eigenvalue weighted by molar-refractivity contribution is 9.10. The number of hydrogen-bond acceptors (Lipinski definition) is 2. The number of carbonyl (C=O) groups is 1. The summed E-state index contributed by atoms with van der Waals surface area (Å²) in [5, 5.41) is 0. The molecule has 4 heteroatoms. The van der Waals surface area contributed by atoms with Crippen LogP contribution in [-0.4, -0.2) is 12.9 Å². The van der Waals surface area contributed by atoms with Gasteiger partial charge in [-0.3, -0.25) is 4.79 Å². The van der Waals surface area contributed by atoms with Gasteiger partial charge >= 0.3 is 0 Å². The highest BCUT2D eigenvalue weighted by atomic mass is 79.9. The van der Waals surface area contributed by atoms with Crippen molar-refractivity contribution in [2.24, 2.45) is 11.8 Å². The van der Waals surface area contributed by atoms with Crippen LogP contribution in [0.15, 0.2) is 22.4 Å². The van der Waals surface area contributed by atoms with Gasteiger partial charge in [0.05, 0.1) is 11.1 Å². The van der Waals surface area contributed by atoms with Crippen LogP contribution in [0.3, 0.4) is 0 Å². The van der Waals surface area contributed by atoms with Crippen LogP contribution in [0.4, 0.5) is 4.39 Å². The van der Waals surface area contributed by atoms with E-state index < -0.39 is 5.83 Å². The lowest BCUT2D eigenvalue weighted by Gasteiger charge is -2.36. The van der Waals surface area contributed by atoms with Crippen molar-refractivity contribution in [2.75, 3.05) is 6.61 Å². The van der Waals surface area contributed by atoms with Gasteiger partial charge in [-0.1, -0.05) is 47.6 Å². The first kappa shape index (κ1) is 21.9. The van der Waals surface area contributed by atoms with Crippen molar-refractivity contribution < 1.29 is 13.9 Å². The Balaban J connectivity index is 2.96. The third kappa shape index (κ3) is 4.06. The summed E-state index contributed by atoms with van der Waals surface area (Å²) in [5.41, 5.74) is 4.54. The standard InChI is InChI=1S/C23H30BrFO2/c1-8-27-22-17(19(14(4)5)18(25)12-26)11-16-15(13(2)3)9-10-23(6,7)20(16)21(22)24/h9,11-14H,8,10H2,1-7H3. The van der Waals surface area contributed by atoms with Crippen LogP contribution in [0.25, 0.3) is 11.1 Å². The molecule has 1 aliphatic rings. The monoisotopic (exact) mass is 436 g/mol. The van der Waals surface area contributed by atoms with Crippen LogP contribution < -0.4 is 4.74 Å². The van der Waals surface area contributed by atoms with Crippen molar-refractivity contribution in [3.8, 4) is 5.75 Å². The summed E-state index contributed by atoms with van der Waals surface area (Å²) in [6.45, 7) is 14.9. The molecule has 0 aromatic heterocycles. The Hall–Kier alpha value is -1.42. The summed E-state index contributed by atoms with van der Waals surface area (Å²) in [6, 6.07) is 2.02. The van der Waals surface area contributed by atoms with Gasteiger partial charge in [-0.05, 0) is 69.3 Å². The lowest BCUT2D eigenvalue weighted by atomic mass is 9.70. The second-order valence-electron chi connectivity index (χ2n) is 8.36. The molecule has 0 aliphatic heterocycles. The Kier molecular flexibility index (Phi) is 6.72. The van der Waals surface area contributed by atoms with Crippen LogP contribution in [0.1, 0.15) is 71.6 Å². The largest absolute Gasteiger partial charge is 0.492 e. The smallest absolute Gasteiger partial charge is 0.178 e. The molecule has 148 valence electrons. The molecule has 0 unspecified atom stereocenters. The average molecular weight is 437 g/mol. The maximum absolute atomic E-state index is 14.6. The third-order valence-corrected chi connectivity index (χ3v) is 5.94. The minimum atomic E-state index is -0.733. The van der Waals surface area contributed by atoms with Crippen LogP contribution >= 0.6 is 15.9 Å². The molecule has 0 atom stereocenters. The fourth-order valence-corrected chi connectivity index (χ4v) is 4.99. The molecule has 0 amide bonds. The van der Waals surface area contributed by atoms with Gasteiger partial charge in [0.25, 0.3) is 0 Å². The van der Waals surface area contributed by atoms with Crippen molar-refractivity contribution in [3.05, 3.63) is 39.1 Å². The first-order valence-corrected chi connectivity index (χ1v) is 10.4. The summed E-state index contributed by atoms with van der Waals surface area (Å²) >= 11 is 3.77. The molecule has 2 nitrogen and oxygen atoms in total. The van der Waals surface area contributed by atoms with Crippen molar-refractivity contribution >= 4 is 33.4 Å². The molecule has 1 aromatic rings. The van der Waals surface area contributed by atoms with Crippen LogP contribution in [0, 0.1) is 11.8 Å². The zero-order chi connectivity index (χ0) is 20.5. The minimum Gasteiger partial charge on any atom is -0.492 e. The normalized spacial score (nSPS) is 16.8. The van der Waals surface area contributed by atoms with Gasteiger partial charge in [0.15, 0.2) is 12.1 Å². The van der Waals surface area contributed by atoms with Crippen molar-refractivity contribution in [1.29, 1.82) is 0 Å². The van der Waals surface area contributed by atoms with Crippen LogP contribution in [-0.2, 0) is 10.2 Å². The number of hydrogen-bond donors (Lipinski definition) is 0. The molecule has 0 bridgehead atoms. The van der Waals surface area contributed by atoms with Gasteiger partial charge in [0, 0.05) is 11.1 Å². The Morgan fingerprint density at radius 3 is 2.44 bits per heavy atom. The maximum atomic E-state index is 14.6. The zero-order valence-corrected chi connectivity index (χ0v) is 19.0. The fraction of sp³-hybridized carbons (Fsp3) is 0.522. The third-order valence-electron chi connectivity index (χ3n) is 5.18. The first-order chi connectivity index (χ1) is 12.6. The van der Waals surface area contributed by atoms with E-state index in [2.05, 4.69) is 49.7 Å². The molecule has 0 saturated carbocycles. The lowest BCUT2D eigenvalue weighted by Crippen LogP contribution is -2.24. The van der Waals surface area contributed by atoms with Crippen LogP contribution in [0.2, 0.25) is 0 Å². The summed E-state index contributed by atoms with van der Waals surface area (Å²) in [6.07, 6.45) is 3.52. The van der Waals surface area contributed by atoms with E-state index in [1.807, 2.05) is 26.8 Å². The van der Waals surface area contributed by atoms with E-state index in [1.165, 1.54) is 11.1 Å². The highest BCUT2D eigenvalue weighted by Crippen LogP contribution is 2.51. The Bertz CT molecular complexity index is 801. The Morgan fingerprint density at radius 1 is 1.33 bits per heavy atom. The van der Waals surface area contributed by atoms with Gasteiger partial charge in [0.2, 0.25) is 0 Å². The molecule has 0 saturated heterocycles. The van der Waals surface area contributed by atoms with Crippen molar-refractivity contribution in [1.82, 2.24) is 0 Å².